The first-order valence-electron chi connectivity index (χ1n) is 7.90. The second kappa shape index (κ2) is 10.2. The summed E-state index contributed by atoms with van der Waals surface area (Å²) < 4.78 is 27.7. The lowest BCUT2D eigenvalue weighted by molar-refractivity contribution is -0.142. The third kappa shape index (κ3) is 6.47. The first kappa shape index (κ1) is 21.0. The van der Waals surface area contributed by atoms with E-state index in [1.807, 2.05) is 0 Å². The van der Waals surface area contributed by atoms with E-state index < -0.39 is 30.3 Å². The molecule has 1 aromatic carbocycles. The molecule has 0 aliphatic carbocycles. The van der Waals surface area contributed by atoms with Crippen molar-refractivity contribution in [2.45, 2.75) is 6.42 Å². The molecular formula is C18H17FN2O6S. The lowest BCUT2D eigenvalue weighted by Crippen LogP contribution is -2.20. The largest absolute Gasteiger partial charge is 0.494 e. The number of hydrogen-bond acceptors (Lipinski definition) is 8. The van der Waals surface area contributed by atoms with E-state index in [1.165, 1.54) is 32.4 Å². The maximum atomic E-state index is 13.6. The third-order valence-corrected chi connectivity index (χ3v) is 4.09. The van der Waals surface area contributed by atoms with Crippen LogP contribution in [0, 0.1) is 5.82 Å². The number of esters is 2. The van der Waals surface area contributed by atoms with Gasteiger partial charge in [0.05, 0.1) is 26.3 Å². The number of carbonyl (C=O) groups excluding carboxylic acids is 3. The second-order valence-electron chi connectivity index (χ2n) is 5.28. The maximum absolute atomic E-state index is 13.6. The highest BCUT2D eigenvalue weighted by Crippen LogP contribution is 2.18. The van der Waals surface area contributed by atoms with Gasteiger partial charge in [0.2, 0.25) is 0 Å². The van der Waals surface area contributed by atoms with Crippen LogP contribution in [0.15, 0.2) is 29.7 Å². The Bertz CT molecular complexity index is 896. The minimum absolute atomic E-state index is 0.00535. The number of thiazole rings is 1. The van der Waals surface area contributed by atoms with E-state index in [1.54, 1.807) is 11.4 Å². The molecule has 1 N–H and O–H groups in total. The van der Waals surface area contributed by atoms with Crippen molar-refractivity contribution in [3.8, 4) is 5.75 Å². The fraction of sp³-hybridized carbons (Fsp3) is 0.222. The van der Waals surface area contributed by atoms with Gasteiger partial charge in [0, 0.05) is 11.5 Å². The molecule has 1 amide bonds. The smallest absolute Gasteiger partial charge is 0.331 e. The van der Waals surface area contributed by atoms with Crippen LogP contribution in [0.25, 0.3) is 6.08 Å². The Balaban J connectivity index is 1.80. The van der Waals surface area contributed by atoms with E-state index in [0.717, 1.165) is 17.4 Å². The number of aromatic nitrogens is 1. The fourth-order valence-electron chi connectivity index (χ4n) is 1.96. The zero-order chi connectivity index (χ0) is 20.5. The minimum Gasteiger partial charge on any atom is -0.494 e. The highest BCUT2D eigenvalue weighted by molar-refractivity contribution is 7.13. The summed E-state index contributed by atoms with van der Waals surface area (Å²) in [5.41, 5.74) is 0.888. The van der Waals surface area contributed by atoms with E-state index in [0.29, 0.717) is 11.3 Å². The Hall–Kier alpha value is -3.27. The zero-order valence-electron chi connectivity index (χ0n) is 15.1. The quantitative estimate of drug-likeness (QED) is 0.527. The van der Waals surface area contributed by atoms with Gasteiger partial charge < -0.3 is 14.2 Å². The van der Waals surface area contributed by atoms with Crippen molar-refractivity contribution in [2.75, 3.05) is 26.1 Å². The Labute approximate surface area is 163 Å². The summed E-state index contributed by atoms with van der Waals surface area (Å²) in [5, 5.41) is 4.33. The average molecular weight is 408 g/mol. The molecule has 0 unspecified atom stereocenters. The molecule has 0 atom stereocenters. The predicted molar refractivity (Wildman–Crippen MR) is 99.4 cm³/mol. The van der Waals surface area contributed by atoms with Crippen molar-refractivity contribution < 1.29 is 33.0 Å². The van der Waals surface area contributed by atoms with Gasteiger partial charge >= 0.3 is 11.9 Å². The van der Waals surface area contributed by atoms with Crippen molar-refractivity contribution in [3.05, 3.63) is 46.7 Å². The molecule has 0 saturated carbocycles. The standard InChI is InChI=1S/C18H17FN2O6S/c1-25-14-5-3-11(7-13(14)19)4-6-16(23)27-9-15(22)21-18-20-12(10-28-18)8-17(24)26-2/h3-7,10H,8-9H2,1-2H3,(H,20,21,22)/b6-4+. The summed E-state index contributed by atoms with van der Waals surface area (Å²) in [4.78, 5) is 38.7. The van der Waals surface area contributed by atoms with Gasteiger partial charge in [0.25, 0.3) is 5.91 Å². The Morgan fingerprint density at radius 1 is 1.29 bits per heavy atom. The fourth-order valence-corrected chi connectivity index (χ4v) is 2.68. The molecule has 0 aliphatic heterocycles. The number of carbonyl (C=O) groups is 3. The molecule has 0 spiro atoms. The van der Waals surface area contributed by atoms with E-state index in [4.69, 9.17) is 9.47 Å². The summed E-state index contributed by atoms with van der Waals surface area (Å²) in [6, 6.07) is 4.19. The number of halogens is 1. The van der Waals surface area contributed by atoms with Gasteiger partial charge in [0.1, 0.15) is 0 Å². The van der Waals surface area contributed by atoms with Crippen molar-refractivity contribution in [2.24, 2.45) is 0 Å². The van der Waals surface area contributed by atoms with Crippen molar-refractivity contribution in [1.82, 2.24) is 4.98 Å². The van der Waals surface area contributed by atoms with E-state index in [9.17, 15) is 18.8 Å². The number of ether oxygens (including phenoxy) is 3. The van der Waals surface area contributed by atoms with Gasteiger partial charge in [-0.05, 0) is 23.8 Å². The molecule has 2 rings (SSSR count). The molecule has 0 aliphatic rings. The summed E-state index contributed by atoms with van der Waals surface area (Å²) in [7, 11) is 2.62. The number of anilines is 1. The third-order valence-electron chi connectivity index (χ3n) is 3.28. The van der Waals surface area contributed by atoms with Crippen LogP contribution in [0.5, 0.6) is 5.75 Å². The first-order chi connectivity index (χ1) is 13.4. The molecule has 2 aromatic rings. The van der Waals surface area contributed by atoms with E-state index >= 15 is 0 Å². The minimum atomic E-state index is -0.767. The molecule has 10 heteroatoms. The van der Waals surface area contributed by atoms with Crippen LogP contribution in [0.4, 0.5) is 9.52 Å². The van der Waals surface area contributed by atoms with Gasteiger partial charge in [-0.2, -0.15) is 0 Å². The number of methoxy groups -OCH3 is 2. The summed E-state index contributed by atoms with van der Waals surface area (Å²) >= 11 is 1.13. The van der Waals surface area contributed by atoms with Crippen LogP contribution in [-0.2, 0) is 30.3 Å². The monoisotopic (exact) mass is 408 g/mol. The zero-order valence-corrected chi connectivity index (χ0v) is 15.9. The number of rotatable bonds is 8. The van der Waals surface area contributed by atoms with E-state index in [-0.39, 0.29) is 17.3 Å². The average Bonchev–Trinajstić information content (AvgIpc) is 3.11. The van der Waals surface area contributed by atoms with Crippen LogP contribution in [0.1, 0.15) is 11.3 Å². The maximum Gasteiger partial charge on any atom is 0.331 e. The topological polar surface area (TPSA) is 104 Å². The number of nitrogens with zero attached hydrogens (tertiary/aromatic N) is 1. The summed E-state index contributed by atoms with van der Waals surface area (Å²) in [5.74, 6) is -2.27. The molecule has 0 fully saturated rings. The SMILES string of the molecule is COC(=O)Cc1csc(NC(=O)COC(=O)/C=C/c2ccc(OC)c(F)c2)n1. The van der Waals surface area contributed by atoms with Crippen LogP contribution in [0.2, 0.25) is 0 Å². The van der Waals surface area contributed by atoms with E-state index in [2.05, 4.69) is 15.0 Å². The Morgan fingerprint density at radius 3 is 2.75 bits per heavy atom. The molecule has 28 heavy (non-hydrogen) atoms. The lowest BCUT2D eigenvalue weighted by atomic mass is 10.2. The Kier molecular flexibility index (Phi) is 7.64. The van der Waals surface area contributed by atoms with Crippen LogP contribution < -0.4 is 10.1 Å². The molecule has 0 radical (unpaired) electrons. The van der Waals surface area contributed by atoms with Gasteiger partial charge in [-0.15, -0.1) is 11.3 Å². The number of benzene rings is 1. The predicted octanol–water partition coefficient (Wildman–Crippen LogP) is 2.20. The molecule has 1 aromatic heterocycles. The number of nitrogens with one attached hydrogen (secondary N) is 1. The summed E-state index contributed by atoms with van der Waals surface area (Å²) in [6.45, 7) is -0.522. The van der Waals surface area contributed by atoms with Gasteiger partial charge in [-0.25, -0.2) is 14.2 Å². The van der Waals surface area contributed by atoms with Crippen molar-refractivity contribution in [1.29, 1.82) is 0 Å². The van der Waals surface area contributed by atoms with Crippen molar-refractivity contribution >= 4 is 40.4 Å². The molecule has 148 valence electrons. The molecular weight excluding hydrogens is 391 g/mol. The van der Waals surface area contributed by atoms with Gasteiger partial charge in [0.15, 0.2) is 23.3 Å². The second-order valence-corrected chi connectivity index (χ2v) is 6.14. The highest BCUT2D eigenvalue weighted by Gasteiger charge is 2.11. The number of hydrogen-bond donors (Lipinski definition) is 1. The molecule has 0 bridgehead atoms. The molecule has 0 saturated heterocycles. The van der Waals surface area contributed by atoms with Gasteiger partial charge in [-0.1, -0.05) is 6.07 Å². The lowest BCUT2D eigenvalue weighted by Gasteiger charge is -2.03. The Morgan fingerprint density at radius 2 is 2.07 bits per heavy atom. The van der Waals surface area contributed by atoms with Gasteiger partial charge in [-0.3, -0.25) is 14.9 Å². The molecule has 1 heterocycles. The normalized spacial score (nSPS) is 10.5. The highest BCUT2D eigenvalue weighted by atomic mass is 32.1. The van der Waals surface area contributed by atoms with Crippen LogP contribution >= 0.6 is 11.3 Å². The molecule has 8 nitrogen and oxygen atoms in total. The number of amides is 1. The summed E-state index contributed by atoms with van der Waals surface area (Å²) in [6.07, 6.45) is 2.42. The van der Waals surface area contributed by atoms with Crippen LogP contribution in [0.3, 0.4) is 0 Å². The van der Waals surface area contributed by atoms with Crippen LogP contribution in [-0.4, -0.2) is 43.7 Å². The first-order valence-corrected chi connectivity index (χ1v) is 8.78. The van der Waals surface area contributed by atoms with Crippen molar-refractivity contribution in [3.63, 3.8) is 0 Å².